The van der Waals surface area contributed by atoms with Gasteiger partial charge in [-0.15, -0.1) is 0 Å². The van der Waals surface area contributed by atoms with E-state index in [1.807, 2.05) is 13.2 Å². The summed E-state index contributed by atoms with van der Waals surface area (Å²) in [6.45, 7) is 2.26. The first-order valence-electron chi connectivity index (χ1n) is 5.73. The summed E-state index contributed by atoms with van der Waals surface area (Å²) in [6.07, 6.45) is 4.95. The third-order valence-electron chi connectivity index (χ3n) is 2.66. The molecule has 0 aromatic carbocycles. The highest BCUT2D eigenvalue weighted by Gasteiger charge is 2.16. The Kier molecular flexibility index (Phi) is 3.46. The van der Waals surface area contributed by atoms with Gasteiger partial charge in [0.15, 0.2) is 0 Å². The van der Waals surface area contributed by atoms with Crippen LogP contribution in [0.5, 0.6) is 0 Å². The molecule has 0 radical (unpaired) electrons. The lowest BCUT2D eigenvalue weighted by Crippen LogP contribution is -2.21. The second-order valence-electron chi connectivity index (χ2n) is 4.34. The maximum atomic E-state index is 11.2. The fourth-order valence-corrected chi connectivity index (χ4v) is 1.80. The third kappa shape index (κ3) is 2.87. The number of hydrogen-bond acceptors (Lipinski definition) is 5. The predicted molar refractivity (Wildman–Crippen MR) is 69.0 cm³/mol. The van der Waals surface area contributed by atoms with Gasteiger partial charge in [-0.25, -0.2) is 14.8 Å². The van der Waals surface area contributed by atoms with Gasteiger partial charge in [0.2, 0.25) is 0 Å². The molecule has 2 aromatic rings. The molecule has 0 aliphatic heterocycles. The number of rotatable bonds is 4. The first kappa shape index (κ1) is 13.0. The molecule has 100 valence electrons. The number of carboxylic acids is 1. The molecule has 0 spiro atoms. The van der Waals surface area contributed by atoms with Crippen LogP contribution in [0.25, 0.3) is 0 Å². The molecule has 2 heterocycles. The van der Waals surface area contributed by atoms with Crippen LogP contribution in [0.1, 0.15) is 21.7 Å². The lowest BCUT2D eigenvalue weighted by molar-refractivity contribution is 0.0696. The zero-order chi connectivity index (χ0) is 14.0. The van der Waals surface area contributed by atoms with Crippen LogP contribution in [0, 0.1) is 6.92 Å². The summed E-state index contributed by atoms with van der Waals surface area (Å²) in [7, 11) is 3.63. The Morgan fingerprint density at radius 2 is 2.21 bits per heavy atom. The van der Waals surface area contributed by atoms with Crippen molar-refractivity contribution in [1.29, 1.82) is 0 Å². The van der Waals surface area contributed by atoms with Crippen molar-refractivity contribution in [2.45, 2.75) is 13.5 Å². The summed E-state index contributed by atoms with van der Waals surface area (Å²) in [6, 6.07) is 0. The molecule has 2 rings (SSSR count). The van der Waals surface area contributed by atoms with Crippen molar-refractivity contribution in [2.24, 2.45) is 7.05 Å². The lowest BCUT2D eigenvalue weighted by atomic mass is 10.2. The van der Waals surface area contributed by atoms with Crippen LogP contribution < -0.4 is 4.90 Å². The van der Waals surface area contributed by atoms with Crippen molar-refractivity contribution in [3.63, 3.8) is 0 Å². The van der Waals surface area contributed by atoms with E-state index < -0.39 is 5.97 Å². The van der Waals surface area contributed by atoms with Crippen molar-refractivity contribution in [1.82, 2.24) is 19.7 Å². The van der Waals surface area contributed by atoms with E-state index in [-0.39, 0.29) is 5.56 Å². The average molecular weight is 261 g/mol. The molecule has 7 nitrogen and oxygen atoms in total. The zero-order valence-electron chi connectivity index (χ0n) is 11.0. The smallest absolute Gasteiger partial charge is 0.341 e. The van der Waals surface area contributed by atoms with Gasteiger partial charge in [-0.2, -0.15) is 5.10 Å². The largest absolute Gasteiger partial charge is 0.477 e. The molecular weight excluding hydrogens is 246 g/mol. The van der Waals surface area contributed by atoms with Crippen LogP contribution in [0.2, 0.25) is 0 Å². The van der Waals surface area contributed by atoms with E-state index in [0.29, 0.717) is 18.2 Å². The van der Waals surface area contributed by atoms with Gasteiger partial charge in [-0.05, 0) is 6.92 Å². The van der Waals surface area contributed by atoms with Gasteiger partial charge in [0.25, 0.3) is 0 Å². The number of carboxylic acid groups (broad SMARTS) is 1. The van der Waals surface area contributed by atoms with Crippen LogP contribution in [0.3, 0.4) is 0 Å². The summed E-state index contributed by atoms with van der Waals surface area (Å²) in [5.41, 5.74) is 1.08. The molecule has 0 amide bonds. The van der Waals surface area contributed by atoms with Crippen molar-refractivity contribution >= 4 is 11.8 Å². The number of aromatic nitrogens is 4. The Morgan fingerprint density at radius 1 is 1.47 bits per heavy atom. The van der Waals surface area contributed by atoms with Gasteiger partial charge in [0, 0.05) is 38.6 Å². The molecule has 7 heteroatoms. The maximum absolute atomic E-state index is 11.2. The number of hydrogen-bond donors (Lipinski definition) is 1. The fraction of sp³-hybridized carbons (Fsp3) is 0.333. The average Bonchev–Trinajstić information content (AvgIpc) is 2.74. The monoisotopic (exact) mass is 261 g/mol. The summed E-state index contributed by atoms with van der Waals surface area (Å²) in [5.74, 6) is -0.0880. The van der Waals surface area contributed by atoms with Gasteiger partial charge in [-0.3, -0.25) is 4.68 Å². The van der Waals surface area contributed by atoms with E-state index in [2.05, 4.69) is 15.1 Å². The third-order valence-corrected chi connectivity index (χ3v) is 2.66. The van der Waals surface area contributed by atoms with E-state index >= 15 is 0 Å². The summed E-state index contributed by atoms with van der Waals surface area (Å²) in [5, 5.41) is 13.2. The topological polar surface area (TPSA) is 84.1 Å². The standard InChI is InChI=1S/C12H15N5O2/c1-8-13-5-10(12(18)19)11(15-8)16(2)6-9-4-14-17(3)7-9/h4-5,7H,6H2,1-3H3,(H,18,19). The van der Waals surface area contributed by atoms with Crippen LogP contribution in [0.4, 0.5) is 5.82 Å². The van der Waals surface area contributed by atoms with Crippen LogP contribution in [0.15, 0.2) is 18.6 Å². The lowest BCUT2D eigenvalue weighted by Gasteiger charge is -2.19. The summed E-state index contributed by atoms with van der Waals surface area (Å²) < 4.78 is 1.70. The van der Waals surface area contributed by atoms with Gasteiger partial charge < -0.3 is 10.0 Å². The van der Waals surface area contributed by atoms with E-state index in [1.54, 1.807) is 29.7 Å². The van der Waals surface area contributed by atoms with Crippen LogP contribution in [-0.2, 0) is 13.6 Å². The SMILES string of the molecule is Cc1ncc(C(=O)O)c(N(C)Cc2cnn(C)c2)n1. The van der Waals surface area contributed by atoms with Gasteiger partial charge in [0.1, 0.15) is 17.2 Å². The van der Waals surface area contributed by atoms with Crippen LogP contribution >= 0.6 is 0 Å². The molecule has 1 N–H and O–H groups in total. The molecule has 0 fully saturated rings. The Labute approximate surface area is 110 Å². The number of anilines is 1. The molecule has 0 saturated carbocycles. The Hall–Kier alpha value is -2.44. The summed E-state index contributed by atoms with van der Waals surface area (Å²) >= 11 is 0. The summed E-state index contributed by atoms with van der Waals surface area (Å²) in [4.78, 5) is 21.1. The predicted octanol–water partition coefficient (Wildman–Crippen LogP) is 0.853. The Bertz CT molecular complexity index is 608. The van der Waals surface area contributed by atoms with Crippen LogP contribution in [-0.4, -0.2) is 37.9 Å². The second-order valence-corrected chi connectivity index (χ2v) is 4.34. The van der Waals surface area contributed by atoms with Gasteiger partial charge in [0.05, 0.1) is 6.20 Å². The molecule has 0 aliphatic rings. The van der Waals surface area contributed by atoms with Crippen molar-refractivity contribution < 1.29 is 9.90 Å². The molecule has 0 unspecified atom stereocenters. The zero-order valence-corrected chi connectivity index (χ0v) is 11.0. The molecule has 0 saturated heterocycles. The van der Waals surface area contributed by atoms with Crippen molar-refractivity contribution in [2.75, 3.05) is 11.9 Å². The first-order valence-corrected chi connectivity index (χ1v) is 5.73. The van der Waals surface area contributed by atoms with E-state index in [9.17, 15) is 4.79 Å². The van der Waals surface area contributed by atoms with E-state index in [0.717, 1.165) is 5.56 Å². The normalized spacial score (nSPS) is 10.5. The molecular formula is C12H15N5O2. The van der Waals surface area contributed by atoms with Gasteiger partial charge >= 0.3 is 5.97 Å². The van der Waals surface area contributed by atoms with E-state index in [4.69, 9.17) is 5.11 Å². The minimum absolute atomic E-state index is 0.0944. The Morgan fingerprint density at radius 3 is 2.79 bits per heavy atom. The van der Waals surface area contributed by atoms with Crippen molar-refractivity contribution in [3.8, 4) is 0 Å². The highest BCUT2D eigenvalue weighted by atomic mass is 16.4. The number of carbonyl (C=O) groups is 1. The highest BCUT2D eigenvalue weighted by Crippen LogP contribution is 2.18. The molecule has 0 aliphatic carbocycles. The van der Waals surface area contributed by atoms with Crippen molar-refractivity contribution in [3.05, 3.63) is 35.5 Å². The quantitative estimate of drug-likeness (QED) is 0.878. The maximum Gasteiger partial charge on any atom is 0.341 e. The minimum atomic E-state index is -1.03. The number of nitrogens with zero attached hydrogens (tertiary/aromatic N) is 5. The Balaban J connectivity index is 2.29. The van der Waals surface area contributed by atoms with Gasteiger partial charge in [-0.1, -0.05) is 0 Å². The molecule has 0 bridgehead atoms. The highest BCUT2D eigenvalue weighted by molar-refractivity contribution is 5.92. The molecule has 0 atom stereocenters. The fourth-order valence-electron chi connectivity index (χ4n) is 1.80. The molecule has 2 aromatic heterocycles. The number of aromatic carboxylic acids is 1. The first-order chi connectivity index (χ1) is 8.97. The second kappa shape index (κ2) is 5.05. The molecule has 19 heavy (non-hydrogen) atoms. The number of aryl methyl sites for hydroxylation is 2. The van der Waals surface area contributed by atoms with E-state index in [1.165, 1.54) is 6.20 Å². The minimum Gasteiger partial charge on any atom is -0.477 e.